The van der Waals surface area contributed by atoms with Gasteiger partial charge in [0.15, 0.2) is 5.82 Å². The van der Waals surface area contributed by atoms with E-state index in [1.54, 1.807) is 0 Å². The van der Waals surface area contributed by atoms with Crippen LogP contribution in [0.15, 0.2) is 12.4 Å². The van der Waals surface area contributed by atoms with Crippen molar-refractivity contribution in [2.75, 3.05) is 18.5 Å². The number of hydrogen-bond acceptors (Lipinski definition) is 5. The topological polar surface area (TPSA) is 84.1 Å². The standard InChI is InChI=1S/C13H19N5O/c14-17-12-6-15-5-11(16-12)13(19)18(7-9-1-2-9)8-10-3-4-10/h5-6,9-10H,1-4,7-8,14H2,(H,16,17). The molecule has 0 unspecified atom stereocenters. The Morgan fingerprint density at radius 2 is 1.89 bits per heavy atom. The average Bonchev–Trinajstić information content (AvgIpc) is 3.32. The normalized spacial score (nSPS) is 18.2. The van der Waals surface area contributed by atoms with Crippen LogP contribution in [-0.4, -0.2) is 33.9 Å². The monoisotopic (exact) mass is 261 g/mol. The van der Waals surface area contributed by atoms with Gasteiger partial charge in [-0.15, -0.1) is 0 Å². The number of nitrogens with zero attached hydrogens (tertiary/aromatic N) is 3. The molecular formula is C13H19N5O. The summed E-state index contributed by atoms with van der Waals surface area (Å²) in [6.07, 6.45) is 7.98. The Morgan fingerprint density at radius 1 is 1.26 bits per heavy atom. The third kappa shape index (κ3) is 3.20. The number of nitrogens with two attached hydrogens (primary N) is 1. The number of carbonyl (C=O) groups is 1. The number of hydrazine groups is 1. The minimum absolute atomic E-state index is 0.0246. The first-order valence-corrected chi connectivity index (χ1v) is 6.84. The molecule has 6 nitrogen and oxygen atoms in total. The molecule has 0 bridgehead atoms. The van der Waals surface area contributed by atoms with Crippen molar-refractivity contribution in [3.8, 4) is 0 Å². The molecule has 2 saturated carbocycles. The third-order valence-corrected chi connectivity index (χ3v) is 3.64. The van der Waals surface area contributed by atoms with Crippen LogP contribution in [0.2, 0.25) is 0 Å². The fourth-order valence-corrected chi connectivity index (χ4v) is 2.17. The zero-order chi connectivity index (χ0) is 13.2. The molecule has 2 aliphatic rings. The van der Waals surface area contributed by atoms with E-state index >= 15 is 0 Å². The summed E-state index contributed by atoms with van der Waals surface area (Å²) >= 11 is 0. The Hall–Kier alpha value is -1.69. The highest BCUT2D eigenvalue weighted by molar-refractivity contribution is 5.92. The second-order valence-corrected chi connectivity index (χ2v) is 5.53. The Labute approximate surface area is 112 Å². The van der Waals surface area contributed by atoms with Gasteiger partial charge in [-0.1, -0.05) is 0 Å². The van der Waals surface area contributed by atoms with Crippen molar-refractivity contribution in [1.82, 2.24) is 14.9 Å². The SMILES string of the molecule is NNc1cncc(C(=O)N(CC2CC2)CC2CC2)n1. The molecule has 0 aromatic carbocycles. The van der Waals surface area contributed by atoms with Crippen molar-refractivity contribution in [2.24, 2.45) is 17.7 Å². The van der Waals surface area contributed by atoms with Gasteiger partial charge in [0.2, 0.25) is 0 Å². The summed E-state index contributed by atoms with van der Waals surface area (Å²) in [7, 11) is 0. The smallest absolute Gasteiger partial charge is 0.274 e. The van der Waals surface area contributed by atoms with Gasteiger partial charge in [0.05, 0.1) is 12.4 Å². The van der Waals surface area contributed by atoms with Crippen LogP contribution in [0.1, 0.15) is 36.2 Å². The molecular weight excluding hydrogens is 242 g/mol. The molecule has 2 aliphatic carbocycles. The van der Waals surface area contributed by atoms with Gasteiger partial charge < -0.3 is 10.3 Å². The lowest BCUT2D eigenvalue weighted by molar-refractivity contribution is 0.0733. The van der Waals surface area contributed by atoms with Crippen molar-refractivity contribution in [1.29, 1.82) is 0 Å². The van der Waals surface area contributed by atoms with Crippen LogP contribution in [0.4, 0.5) is 5.82 Å². The van der Waals surface area contributed by atoms with Crippen molar-refractivity contribution >= 4 is 11.7 Å². The fraction of sp³-hybridized carbons (Fsp3) is 0.615. The number of amides is 1. The van der Waals surface area contributed by atoms with E-state index < -0.39 is 0 Å². The van der Waals surface area contributed by atoms with E-state index in [2.05, 4.69) is 15.4 Å². The molecule has 1 heterocycles. The summed E-state index contributed by atoms with van der Waals surface area (Å²) in [5.41, 5.74) is 2.80. The predicted octanol–water partition coefficient (Wildman–Crippen LogP) is 1.02. The maximum atomic E-state index is 12.5. The van der Waals surface area contributed by atoms with E-state index in [9.17, 15) is 4.79 Å². The van der Waals surface area contributed by atoms with Crippen LogP contribution < -0.4 is 11.3 Å². The summed E-state index contributed by atoms with van der Waals surface area (Å²) < 4.78 is 0. The molecule has 3 rings (SSSR count). The average molecular weight is 261 g/mol. The zero-order valence-electron chi connectivity index (χ0n) is 10.9. The molecule has 0 radical (unpaired) electrons. The van der Waals surface area contributed by atoms with Gasteiger partial charge in [-0.05, 0) is 37.5 Å². The van der Waals surface area contributed by atoms with Gasteiger partial charge in [-0.25, -0.2) is 10.8 Å². The minimum Gasteiger partial charge on any atom is -0.337 e. The first kappa shape index (κ1) is 12.3. The number of nitrogen functional groups attached to an aromatic ring is 1. The highest BCUT2D eigenvalue weighted by Gasteiger charge is 2.32. The van der Waals surface area contributed by atoms with Crippen molar-refractivity contribution in [3.05, 3.63) is 18.1 Å². The maximum absolute atomic E-state index is 12.5. The molecule has 1 aromatic rings. The van der Waals surface area contributed by atoms with Crippen LogP contribution >= 0.6 is 0 Å². The van der Waals surface area contributed by atoms with Gasteiger partial charge in [0, 0.05) is 13.1 Å². The van der Waals surface area contributed by atoms with E-state index in [-0.39, 0.29) is 5.91 Å². The van der Waals surface area contributed by atoms with Crippen LogP contribution in [0.3, 0.4) is 0 Å². The summed E-state index contributed by atoms with van der Waals surface area (Å²) in [5.74, 6) is 7.07. The molecule has 0 atom stereocenters. The summed E-state index contributed by atoms with van der Waals surface area (Å²) in [4.78, 5) is 22.6. The Kier molecular flexibility index (Phi) is 3.33. The number of aromatic nitrogens is 2. The third-order valence-electron chi connectivity index (χ3n) is 3.64. The number of nitrogens with one attached hydrogen (secondary N) is 1. The molecule has 0 spiro atoms. The zero-order valence-corrected chi connectivity index (χ0v) is 10.9. The largest absolute Gasteiger partial charge is 0.337 e. The summed E-state index contributed by atoms with van der Waals surface area (Å²) in [6.45, 7) is 1.72. The van der Waals surface area contributed by atoms with Gasteiger partial charge in [0.1, 0.15) is 5.69 Å². The second kappa shape index (κ2) is 5.13. The van der Waals surface area contributed by atoms with E-state index in [1.165, 1.54) is 38.1 Å². The molecule has 0 aliphatic heterocycles. The molecule has 3 N–H and O–H groups in total. The minimum atomic E-state index is -0.0246. The Bertz CT molecular complexity index is 456. The van der Waals surface area contributed by atoms with E-state index in [4.69, 9.17) is 5.84 Å². The molecule has 2 fully saturated rings. The van der Waals surface area contributed by atoms with Crippen molar-refractivity contribution in [2.45, 2.75) is 25.7 Å². The van der Waals surface area contributed by atoms with Gasteiger partial charge in [-0.3, -0.25) is 9.78 Å². The number of anilines is 1. The van der Waals surface area contributed by atoms with Crippen LogP contribution in [0.25, 0.3) is 0 Å². The van der Waals surface area contributed by atoms with Gasteiger partial charge in [0.25, 0.3) is 5.91 Å². The van der Waals surface area contributed by atoms with E-state index in [0.29, 0.717) is 23.3 Å². The number of carbonyl (C=O) groups excluding carboxylic acids is 1. The Balaban J connectivity index is 1.72. The molecule has 102 valence electrons. The van der Waals surface area contributed by atoms with Gasteiger partial charge in [-0.2, -0.15) is 0 Å². The summed E-state index contributed by atoms with van der Waals surface area (Å²) in [5, 5.41) is 0. The number of hydrogen-bond donors (Lipinski definition) is 2. The summed E-state index contributed by atoms with van der Waals surface area (Å²) in [6, 6.07) is 0. The van der Waals surface area contributed by atoms with Crippen LogP contribution in [0, 0.1) is 11.8 Å². The lowest BCUT2D eigenvalue weighted by Crippen LogP contribution is -2.35. The van der Waals surface area contributed by atoms with Crippen molar-refractivity contribution < 1.29 is 4.79 Å². The first-order chi connectivity index (χ1) is 9.26. The highest BCUT2D eigenvalue weighted by Crippen LogP contribution is 2.34. The molecule has 1 amide bonds. The van der Waals surface area contributed by atoms with Crippen molar-refractivity contribution in [3.63, 3.8) is 0 Å². The first-order valence-electron chi connectivity index (χ1n) is 6.84. The second-order valence-electron chi connectivity index (χ2n) is 5.53. The molecule has 1 aromatic heterocycles. The Morgan fingerprint density at radius 3 is 2.42 bits per heavy atom. The lowest BCUT2D eigenvalue weighted by atomic mass is 10.2. The highest BCUT2D eigenvalue weighted by atomic mass is 16.2. The van der Waals surface area contributed by atoms with Crippen LogP contribution in [-0.2, 0) is 0 Å². The van der Waals surface area contributed by atoms with E-state index in [0.717, 1.165) is 13.1 Å². The van der Waals surface area contributed by atoms with E-state index in [1.807, 2.05) is 4.90 Å². The fourth-order valence-electron chi connectivity index (χ4n) is 2.17. The number of rotatable bonds is 6. The molecule has 6 heteroatoms. The van der Waals surface area contributed by atoms with Gasteiger partial charge >= 0.3 is 0 Å². The predicted molar refractivity (Wildman–Crippen MR) is 71.2 cm³/mol. The van der Waals surface area contributed by atoms with Crippen LogP contribution in [0.5, 0.6) is 0 Å². The lowest BCUT2D eigenvalue weighted by Gasteiger charge is -2.22. The molecule has 19 heavy (non-hydrogen) atoms. The maximum Gasteiger partial charge on any atom is 0.274 e. The molecule has 0 saturated heterocycles. The quantitative estimate of drug-likeness (QED) is 0.590.